The molecule has 2 aliphatic rings. The molecule has 1 aliphatic carbocycles. The van der Waals surface area contributed by atoms with Gasteiger partial charge in [-0.2, -0.15) is 0 Å². The van der Waals surface area contributed by atoms with E-state index in [0.29, 0.717) is 12.0 Å². The van der Waals surface area contributed by atoms with Crippen LogP contribution in [0.2, 0.25) is 0 Å². The predicted molar refractivity (Wildman–Crippen MR) is 123 cm³/mol. The number of esters is 1. The molecule has 0 radical (unpaired) electrons. The lowest BCUT2D eigenvalue weighted by Gasteiger charge is -2.43. The molecule has 3 rings (SSSR count). The Morgan fingerprint density at radius 3 is 2.33 bits per heavy atom. The highest BCUT2D eigenvalue weighted by Crippen LogP contribution is 2.52. The van der Waals surface area contributed by atoms with Crippen molar-refractivity contribution < 1.29 is 38.3 Å². The van der Waals surface area contributed by atoms with Crippen LogP contribution in [-0.2, 0) is 14.1 Å². The second-order valence-corrected chi connectivity index (χ2v) is 11.3. The summed E-state index contributed by atoms with van der Waals surface area (Å²) in [7, 11) is -4.64. The molecule has 0 bridgehead atoms. The number of rotatable bonds is 3. The third-order valence-electron chi connectivity index (χ3n) is 5.80. The smallest absolute Gasteiger partial charge is 0.458 e. The average molecular weight is 485 g/mol. The molecule has 33 heavy (non-hydrogen) atoms. The first-order valence-electron chi connectivity index (χ1n) is 10.8. The molecule has 0 aromatic heterocycles. The number of ether oxygens (including phenoxy) is 1. The van der Waals surface area contributed by atoms with Gasteiger partial charge in [-0.05, 0) is 71.1 Å². The topological polar surface area (TPSA) is 124 Å². The Morgan fingerprint density at radius 2 is 1.79 bits per heavy atom. The van der Waals surface area contributed by atoms with E-state index in [1.807, 2.05) is 18.2 Å². The van der Waals surface area contributed by atoms with Crippen molar-refractivity contribution in [2.75, 3.05) is 0 Å². The molecule has 1 saturated heterocycles. The molecule has 2 atom stereocenters. The van der Waals surface area contributed by atoms with Crippen LogP contribution in [-0.4, -0.2) is 38.0 Å². The van der Waals surface area contributed by atoms with E-state index in [1.165, 1.54) is 17.2 Å². The van der Waals surface area contributed by atoms with Gasteiger partial charge in [0, 0.05) is 6.42 Å². The SMILES string of the molecule is Cc1cc(C2=C(/C=C/[C@@H]3C[C@@H](O)CC(=O)O3)C(C)(C)CC(C)(C)C2)ccc1F.O=P(O)(O)O. The van der Waals surface area contributed by atoms with Crippen LogP contribution in [0, 0.1) is 23.6 Å². The number of phosphoric acid groups is 1. The van der Waals surface area contributed by atoms with Gasteiger partial charge >= 0.3 is 13.8 Å². The van der Waals surface area contributed by atoms with Crippen LogP contribution in [0.3, 0.4) is 0 Å². The van der Waals surface area contributed by atoms with Crippen molar-refractivity contribution in [3.8, 4) is 0 Å². The summed E-state index contributed by atoms with van der Waals surface area (Å²) in [4.78, 5) is 33.2. The van der Waals surface area contributed by atoms with Crippen molar-refractivity contribution in [2.24, 2.45) is 10.8 Å². The number of aliphatic hydroxyl groups excluding tert-OH is 1. The van der Waals surface area contributed by atoms with Gasteiger partial charge in [-0.25, -0.2) is 8.96 Å². The number of hydrogen-bond acceptors (Lipinski definition) is 4. The Labute approximate surface area is 194 Å². The van der Waals surface area contributed by atoms with Crippen molar-refractivity contribution in [1.82, 2.24) is 0 Å². The molecule has 0 saturated carbocycles. The van der Waals surface area contributed by atoms with Gasteiger partial charge in [0.15, 0.2) is 0 Å². The van der Waals surface area contributed by atoms with Gasteiger partial charge in [0.05, 0.1) is 12.5 Å². The largest absolute Gasteiger partial charge is 0.466 e. The van der Waals surface area contributed by atoms with E-state index in [0.717, 1.165) is 18.4 Å². The Bertz CT molecular complexity index is 982. The predicted octanol–water partition coefficient (Wildman–Crippen LogP) is 4.43. The van der Waals surface area contributed by atoms with Crippen LogP contribution in [0.5, 0.6) is 0 Å². The Morgan fingerprint density at radius 1 is 1.18 bits per heavy atom. The molecule has 1 aromatic carbocycles. The van der Waals surface area contributed by atoms with Crippen LogP contribution < -0.4 is 0 Å². The zero-order valence-electron chi connectivity index (χ0n) is 19.7. The minimum Gasteiger partial charge on any atom is -0.458 e. The number of cyclic esters (lactones) is 1. The van der Waals surface area contributed by atoms with Crippen molar-refractivity contribution in [1.29, 1.82) is 0 Å². The Hall–Kier alpha value is -1.83. The van der Waals surface area contributed by atoms with E-state index in [1.54, 1.807) is 6.92 Å². The number of carbonyl (C=O) groups is 1. The molecule has 0 amide bonds. The molecule has 9 heteroatoms. The molecule has 0 spiro atoms. The van der Waals surface area contributed by atoms with E-state index >= 15 is 0 Å². The van der Waals surface area contributed by atoms with Crippen LogP contribution >= 0.6 is 7.82 Å². The van der Waals surface area contributed by atoms with E-state index in [-0.39, 0.29) is 29.0 Å². The molecule has 1 heterocycles. The lowest BCUT2D eigenvalue weighted by Crippen LogP contribution is -2.32. The number of carbonyl (C=O) groups excluding carboxylic acids is 1. The normalized spacial score (nSPS) is 24.8. The number of benzene rings is 1. The van der Waals surface area contributed by atoms with Gasteiger partial charge in [-0.15, -0.1) is 0 Å². The maximum Gasteiger partial charge on any atom is 0.466 e. The van der Waals surface area contributed by atoms with Crippen LogP contribution in [0.15, 0.2) is 35.9 Å². The third-order valence-corrected chi connectivity index (χ3v) is 5.80. The molecule has 0 unspecified atom stereocenters. The molecule has 1 fully saturated rings. The molecule has 4 N–H and O–H groups in total. The highest BCUT2D eigenvalue weighted by Gasteiger charge is 2.38. The first kappa shape index (κ1) is 27.4. The fourth-order valence-electron chi connectivity index (χ4n) is 4.88. The first-order valence-corrected chi connectivity index (χ1v) is 12.4. The van der Waals surface area contributed by atoms with Crippen molar-refractivity contribution >= 4 is 19.4 Å². The van der Waals surface area contributed by atoms with Crippen molar-refractivity contribution in [3.63, 3.8) is 0 Å². The first-order chi connectivity index (χ1) is 15.0. The van der Waals surface area contributed by atoms with Gasteiger partial charge in [-0.1, -0.05) is 39.8 Å². The Balaban J connectivity index is 0.000000696. The quantitative estimate of drug-likeness (QED) is 0.370. The average Bonchev–Trinajstić information content (AvgIpc) is 2.59. The number of hydrogen-bond donors (Lipinski definition) is 4. The lowest BCUT2D eigenvalue weighted by molar-refractivity contribution is -0.156. The third kappa shape index (κ3) is 8.47. The van der Waals surface area contributed by atoms with Crippen molar-refractivity contribution in [2.45, 2.75) is 72.5 Å². The highest BCUT2D eigenvalue weighted by atomic mass is 31.2. The van der Waals surface area contributed by atoms with Gasteiger partial charge in [0.25, 0.3) is 0 Å². The van der Waals surface area contributed by atoms with Gasteiger partial charge in [0.1, 0.15) is 11.9 Å². The minimum absolute atomic E-state index is 0.0623. The Kier molecular flexibility index (Phi) is 8.47. The molecule has 1 aliphatic heterocycles. The second kappa shape index (κ2) is 10.2. The minimum atomic E-state index is -4.64. The highest BCUT2D eigenvalue weighted by molar-refractivity contribution is 7.45. The van der Waals surface area contributed by atoms with Crippen LogP contribution in [0.1, 0.15) is 64.5 Å². The standard InChI is InChI=1S/C24H31FO3.H3O4P/c1-15-10-16(6-9-21(15)25)19-13-23(2,3)14-24(4,5)20(19)8-7-18-11-17(26)12-22(27)28-18;1-5(2,3)4/h6-10,17-18,26H,11-14H2,1-5H3;(H3,1,2,3,4)/b8-7+;/t17-,18-;/m1./s1. The van der Waals surface area contributed by atoms with Crippen LogP contribution in [0.4, 0.5) is 4.39 Å². The molecule has 1 aromatic rings. The van der Waals surface area contributed by atoms with Gasteiger partial charge < -0.3 is 24.5 Å². The van der Waals surface area contributed by atoms with E-state index in [9.17, 15) is 14.3 Å². The number of halogens is 1. The molecular weight excluding hydrogens is 450 g/mol. The number of aliphatic hydroxyl groups is 1. The zero-order chi connectivity index (χ0) is 25.2. The number of allylic oxidation sites excluding steroid dienone is 3. The van der Waals surface area contributed by atoms with Gasteiger partial charge in [-0.3, -0.25) is 4.79 Å². The summed E-state index contributed by atoms with van der Waals surface area (Å²) in [5, 5.41) is 9.86. The molecular formula is C24H34FO7P. The van der Waals surface area contributed by atoms with E-state index < -0.39 is 20.0 Å². The summed E-state index contributed by atoms with van der Waals surface area (Å²) >= 11 is 0. The fraction of sp³-hybridized carbons (Fsp3) is 0.542. The van der Waals surface area contributed by atoms with E-state index in [4.69, 9.17) is 24.0 Å². The van der Waals surface area contributed by atoms with E-state index in [2.05, 4.69) is 33.8 Å². The van der Waals surface area contributed by atoms with Gasteiger partial charge in [0.2, 0.25) is 0 Å². The fourth-order valence-corrected chi connectivity index (χ4v) is 4.88. The summed E-state index contributed by atoms with van der Waals surface area (Å²) < 4.78 is 28.1. The summed E-state index contributed by atoms with van der Waals surface area (Å²) in [5.74, 6) is -0.556. The maximum absolute atomic E-state index is 13.8. The second-order valence-electron chi connectivity index (χ2n) is 10.3. The summed E-state index contributed by atoms with van der Waals surface area (Å²) in [6.45, 7) is 10.8. The maximum atomic E-state index is 13.8. The summed E-state index contributed by atoms with van der Waals surface area (Å²) in [6.07, 6.45) is 5.29. The molecule has 7 nitrogen and oxygen atoms in total. The number of aryl methyl sites for hydroxylation is 1. The summed E-state index contributed by atoms with van der Waals surface area (Å²) in [5.41, 5.74) is 4.13. The lowest BCUT2D eigenvalue weighted by atomic mass is 9.61. The monoisotopic (exact) mass is 484 g/mol. The van der Waals surface area contributed by atoms with Crippen LogP contribution in [0.25, 0.3) is 5.57 Å². The molecule has 184 valence electrons. The zero-order valence-corrected chi connectivity index (χ0v) is 20.6. The van der Waals surface area contributed by atoms with Crippen molar-refractivity contribution in [3.05, 3.63) is 52.9 Å². The summed E-state index contributed by atoms with van der Waals surface area (Å²) in [6, 6.07) is 5.31.